The number of nitrogens with one attached hydrogen (secondary N) is 1. The number of para-hydroxylation sites is 1. The van der Waals surface area contributed by atoms with Crippen molar-refractivity contribution in [2.24, 2.45) is 0 Å². The molecule has 1 unspecified atom stereocenters. The zero-order chi connectivity index (χ0) is 14.9. The first-order valence-corrected chi connectivity index (χ1v) is 6.26. The number of nitrogens with zero attached hydrogens (tertiary/aromatic N) is 1. The molecule has 20 heavy (non-hydrogen) atoms. The zero-order valence-corrected chi connectivity index (χ0v) is 11.6. The van der Waals surface area contributed by atoms with Gasteiger partial charge in [-0.2, -0.15) is 0 Å². The molecular formula is C14H17N3O3. The van der Waals surface area contributed by atoms with E-state index >= 15 is 0 Å². The van der Waals surface area contributed by atoms with Crippen LogP contribution in [0.5, 0.6) is 0 Å². The SMILES string of the molecule is Cc1cc(C(C)Nc2cccc(N)c2[N+](=O)[O-])c(C)o1. The standard InChI is InChI=1S/C14H17N3O3/c1-8-7-11(10(3)20-8)9(2)16-13-6-4-5-12(15)14(13)17(18)19/h4-7,9,16H,15H2,1-3H3. The number of nitro benzene ring substituents is 1. The smallest absolute Gasteiger partial charge is 0.314 e. The molecule has 0 fully saturated rings. The second-order valence-electron chi connectivity index (χ2n) is 4.74. The lowest BCUT2D eigenvalue weighted by Crippen LogP contribution is -2.09. The summed E-state index contributed by atoms with van der Waals surface area (Å²) in [6.45, 7) is 5.66. The summed E-state index contributed by atoms with van der Waals surface area (Å²) < 4.78 is 5.48. The molecule has 3 N–H and O–H groups in total. The van der Waals surface area contributed by atoms with Gasteiger partial charge in [-0.05, 0) is 39.0 Å². The first-order chi connectivity index (χ1) is 9.40. The molecule has 0 radical (unpaired) electrons. The molecule has 0 bridgehead atoms. The van der Waals surface area contributed by atoms with Crippen LogP contribution in [0.15, 0.2) is 28.7 Å². The van der Waals surface area contributed by atoms with E-state index in [2.05, 4.69) is 5.32 Å². The van der Waals surface area contributed by atoms with Gasteiger partial charge in [-0.15, -0.1) is 0 Å². The van der Waals surface area contributed by atoms with E-state index in [1.54, 1.807) is 12.1 Å². The highest BCUT2D eigenvalue weighted by molar-refractivity contribution is 5.74. The molecule has 6 heteroatoms. The van der Waals surface area contributed by atoms with Crippen molar-refractivity contribution in [2.75, 3.05) is 11.1 Å². The Bertz CT molecular complexity index is 649. The lowest BCUT2D eigenvalue weighted by molar-refractivity contribution is -0.383. The lowest BCUT2D eigenvalue weighted by Gasteiger charge is -2.15. The zero-order valence-electron chi connectivity index (χ0n) is 11.6. The molecule has 1 aromatic carbocycles. The third-order valence-corrected chi connectivity index (χ3v) is 3.17. The van der Waals surface area contributed by atoms with Crippen molar-refractivity contribution < 1.29 is 9.34 Å². The largest absolute Gasteiger partial charge is 0.466 e. The van der Waals surface area contributed by atoms with Gasteiger partial charge in [0, 0.05) is 5.56 Å². The number of furan rings is 1. The average Bonchev–Trinajstić information content (AvgIpc) is 2.68. The minimum atomic E-state index is -0.474. The van der Waals surface area contributed by atoms with Crippen LogP contribution in [-0.4, -0.2) is 4.92 Å². The Kier molecular flexibility index (Phi) is 3.65. The van der Waals surface area contributed by atoms with E-state index < -0.39 is 4.92 Å². The summed E-state index contributed by atoms with van der Waals surface area (Å²) in [5.41, 5.74) is 7.09. The minimum absolute atomic E-state index is 0.0998. The molecule has 0 saturated heterocycles. The summed E-state index contributed by atoms with van der Waals surface area (Å²) in [4.78, 5) is 10.6. The molecule has 2 aromatic rings. The van der Waals surface area contributed by atoms with Crippen LogP contribution in [0.1, 0.15) is 30.0 Å². The number of hydrogen-bond donors (Lipinski definition) is 2. The van der Waals surface area contributed by atoms with Gasteiger partial charge >= 0.3 is 5.69 Å². The number of benzene rings is 1. The van der Waals surface area contributed by atoms with E-state index in [9.17, 15) is 10.1 Å². The summed E-state index contributed by atoms with van der Waals surface area (Å²) in [6.07, 6.45) is 0. The number of nitrogen functional groups attached to an aromatic ring is 1. The molecule has 1 aromatic heterocycles. The van der Waals surface area contributed by atoms with E-state index in [0.717, 1.165) is 17.1 Å². The van der Waals surface area contributed by atoms with Gasteiger partial charge in [-0.3, -0.25) is 10.1 Å². The van der Waals surface area contributed by atoms with Gasteiger partial charge < -0.3 is 15.5 Å². The Morgan fingerprint density at radius 3 is 2.65 bits per heavy atom. The summed E-state index contributed by atoms with van der Waals surface area (Å²) in [5.74, 6) is 1.61. The predicted octanol–water partition coefficient (Wildman–Crippen LogP) is 3.56. The molecule has 0 aliphatic rings. The molecule has 1 atom stereocenters. The van der Waals surface area contributed by atoms with E-state index in [-0.39, 0.29) is 17.4 Å². The number of aryl methyl sites for hydroxylation is 2. The van der Waals surface area contributed by atoms with E-state index in [0.29, 0.717) is 5.69 Å². The van der Waals surface area contributed by atoms with E-state index in [1.165, 1.54) is 6.07 Å². The van der Waals surface area contributed by atoms with Crippen LogP contribution in [-0.2, 0) is 0 Å². The van der Waals surface area contributed by atoms with Gasteiger partial charge in [0.05, 0.1) is 11.0 Å². The van der Waals surface area contributed by atoms with Crippen LogP contribution < -0.4 is 11.1 Å². The molecule has 0 aliphatic carbocycles. The fourth-order valence-corrected chi connectivity index (χ4v) is 2.27. The molecule has 1 heterocycles. The molecule has 0 spiro atoms. The molecular weight excluding hydrogens is 258 g/mol. The highest BCUT2D eigenvalue weighted by Gasteiger charge is 2.20. The van der Waals surface area contributed by atoms with Gasteiger partial charge in [0.15, 0.2) is 0 Å². The number of rotatable bonds is 4. The summed E-state index contributed by atoms with van der Waals surface area (Å²) in [6, 6.07) is 6.65. The third-order valence-electron chi connectivity index (χ3n) is 3.17. The Labute approximate surface area is 116 Å². The van der Waals surface area contributed by atoms with Gasteiger partial charge in [0.1, 0.15) is 22.9 Å². The van der Waals surface area contributed by atoms with Gasteiger partial charge in [-0.1, -0.05) is 6.07 Å². The lowest BCUT2D eigenvalue weighted by atomic mass is 10.1. The molecule has 6 nitrogen and oxygen atoms in total. The van der Waals surface area contributed by atoms with Crippen molar-refractivity contribution in [3.63, 3.8) is 0 Å². The van der Waals surface area contributed by atoms with Crippen molar-refractivity contribution in [3.05, 3.63) is 51.5 Å². The van der Waals surface area contributed by atoms with Crippen LogP contribution in [0.4, 0.5) is 17.1 Å². The second kappa shape index (κ2) is 5.24. The third kappa shape index (κ3) is 2.59. The van der Waals surface area contributed by atoms with Crippen molar-refractivity contribution in [2.45, 2.75) is 26.8 Å². The fraction of sp³-hybridized carbons (Fsp3) is 0.286. The normalized spacial score (nSPS) is 12.2. The van der Waals surface area contributed by atoms with Gasteiger partial charge in [0.25, 0.3) is 0 Å². The maximum atomic E-state index is 11.1. The number of hydrogen-bond acceptors (Lipinski definition) is 5. The van der Waals surface area contributed by atoms with Crippen molar-refractivity contribution in [3.8, 4) is 0 Å². The monoisotopic (exact) mass is 275 g/mol. The predicted molar refractivity (Wildman–Crippen MR) is 77.7 cm³/mol. The Hall–Kier alpha value is -2.50. The highest BCUT2D eigenvalue weighted by Crippen LogP contribution is 2.33. The second-order valence-corrected chi connectivity index (χ2v) is 4.74. The van der Waals surface area contributed by atoms with Gasteiger partial charge in [-0.25, -0.2) is 0 Å². The van der Waals surface area contributed by atoms with Crippen LogP contribution in [0.2, 0.25) is 0 Å². The number of nitro groups is 1. The van der Waals surface area contributed by atoms with Crippen LogP contribution in [0.3, 0.4) is 0 Å². The van der Waals surface area contributed by atoms with Crippen molar-refractivity contribution in [1.82, 2.24) is 0 Å². The summed E-state index contributed by atoms with van der Waals surface area (Å²) in [7, 11) is 0. The Morgan fingerprint density at radius 2 is 2.10 bits per heavy atom. The quantitative estimate of drug-likeness (QED) is 0.505. The molecule has 106 valence electrons. The van der Waals surface area contributed by atoms with E-state index in [1.807, 2.05) is 26.8 Å². The van der Waals surface area contributed by atoms with E-state index in [4.69, 9.17) is 10.2 Å². The molecule has 0 amide bonds. The van der Waals surface area contributed by atoms with Crippen LogP contribution in [0, 0.1) is 24.0 Å². The Morgan fingerprint density at radius 1 is 1.40 bits per heavy atom. The first kappa shape index (κ1) is 13.9. The highest BCUT2D eigenvalue weighted by atomic mass is 16.6. The molecule has 0 aliphatic heterocycles. The Balaban J connectivity index is 2.33. The van der Waals surface area contributed by atoms with Crippen molar-refractivity contribution in [1.29, 1.82) is 0 Å². The van der Waals surface area contributed by atoms with Crippen molar-refractivity contribution >= 4 is 17.1 Å². The summed E-state index contributed by atoms with van der Waals surface area (Å²) in [5, 5.41) is 14.2. The average molecular weight is 275 g/mol. The number of nitrogens with two attached hydrogens (primary N) is 1. The fourth-order valence-electron chi connectivity index (χ4n) is 2.27. The van der Waals surface area contributed by atoms with Crippen LogP contribution in [0.25, 0.3) is 0 Å². The summed E-state index contributed by atoms with van der Waals surface area (Å²) >= 11 is 0. The topological polar surface area (TPSA) is 94.3 Å². The maximum Gasteiger partial charge on any atom is 0.314 e. The molecule has 0 saturated carbocycles. The van der Waals surface area contributed by atoms with Crippen LogP contribution >= 0.6 is 0 Å². The molecule has 2 rings (SSSR count). The van der Waals surface area contributed by atoms with Gasteiger partial charge in [0.2, 0.25) is 0 Å². The maximum absolute atomic E-state index is 11.1. The number of anilines is 2. The first-order valence-electron chi connectivity index (χ1n) is 6.26. The minimum Gasteiger partial charge on any atom is -0.466 e.